The molecule has 0 aliphatic rings. The first-order chi connectivity index (χ1) is 19.1. The molecule has 2 aromatic carbocycles. The summed E-state index contributed by atoms with van der Waals surface area (Å²) >= 11 is 0. The number of rotatable bonds is 16. The van der Waals surface area contributed by atoms with E-state index in [1.54, 1.807) is 35.2 Å². The predicted molar refractivity (Wildman–Crippen MR) is 164 cm³/mol. The average molecular weight is 588 g/mol. The van der Waals surface area contributed by atoms with Gasteiger partial charge in [0.05, 0.1) is 23.6 Å². The summed E-state index contributed by atoms with van der Waals surface area (Å²) in [4.78, 5) is 28.4. The van der Waals surface area contributed by atoms with E-state index in [2.05, 4.69) is 5.32 Å². The Hall–Kier alpha value is -2.59. The molecular formula is C32H49N3O5S. The summed E-state index contributed by atoms with van der Waals surface area (Å²) in [5, 5.41) is 14.6. The van der Waals surface area contributed by atoms with E-state index in [4.69, 9.17) is 0 Å². The molecule has 2 rings (SSSR count). The summed E-state index contributed by atoms with van der Waals surface area (Å²) in [7, 11) is -0.262. The van der Waals surface area contributed by atoms with Crippen molar-refractivity contribution < 1.29 is 23.1 Å². The third kappa shape index (κ3) is 11.3. The van der Waals surface area contributed by atoms with Crippen molar-refractivity contribution >= 4 is 21.7 Å². The highest BCUT2D eigenvalue weighted by molar-refractivity contribution is 7.89. The number of nitrogens with zero attached hydrogens (tertiary/aromatic N) is 2. The summed E-state index contributed by atoms with van der Waals surface area (Å²) in [6, 6.07) is 16.9. The second-order valence-corrected chi connectivity index (χ2v) is 14.6. The zero-order valence-electron chi connectivity index (χ0n) is 25.7. The van der Waals surface area contributed by atoms with Crippen molar-refractivity contribution in [2.45, 2.75) is 70.9 Å². The number of hydrogen-bond acceptors (Lipinski definition) is 6. The molecule has 0 saturated carbocycles. The van der Waals surface area contributed by atoms with Gasteiger partial charge in [-0.25, -0.2) is 8.42 Å². The molecule has 9 heteroatoms. The van der Waals surface area contributed by atoms with Crippen LogP contribution in [0.15, 0.2) is 65.6 Å². The molecule has 2 aromatic rings. The third-order valence-corrected chi connectivity index (χ3v) is 8.98. The van der Waals surface area contributed by atoms with Crippen molar-refractivity contribution in [3.63, 3.8) is 0 Å². The monoisotopic (exact) mass is 587 g/mol. The van der Waals surface area contributed by atoms with Gasteiger partial charge >= 0.3 is 0 Å². The number of likely N-dealkylation sites (N-methyl/N-ethyl adjacent to an activating group) is 1. The van der Waals surface area contributed by atoms with Crippen molar-refractivity contribution in [3.05, 3.63) is 66.2 Å². The lowest BCUT2D eigenvalue weighted by Crippen LogP contribution is -2.53. The minimum atomic E-state index is -3.88. The second kappa shape index (κ2) is 15.6. The topological polar surface area (TPSA) is 107 Å². The molecule has 0 fully saturated rings. The van der Waals surface area contributed by atoms with Gasteiger partial charge < -0.3 is 15.3 Å². The van der Waals surface area contributed by atoms with Crippen molar-refractivity contribution in [1.82, 2.24) is 14.5 Å². The van der Waals surface area contributed by atoms with Gasteiger partial charge in [-0.1, -0.05) is 83.1 Å². The zero-order chi connectivity index (χ0) is 30.8. The maximum absolute atomic E-state index is 13.7. The van der Waals surface area contributed by atoms with Gasteiger partial charge in [0.15, 0.2) is 0 Å². The first-order valence-electron chi connectivity index (χ1n) is 14.3. The lowest BCUT2D eigenvalue weighted by molar-refractivity contribution is -0.134. The van der Waals surface area contributed by atoms with Gasteiger partial charge in [0.1, 0.15) is 5.78 Å². The van der Waals surface area contributed by atoms with Crippen LogP contribution in [0.5, 0.6) is 0 Å². The van der Waals surface area contributed by atoms with E-state index in [0.29, 0.717) is 12.8 Å². The van der Waals surface area contributed by atoms with Crippen LogP contribution in [0.1, 0.15) is 53.0 Å². The van der Waals surface area contributed by atoms with Gasteiger partial charge in [-0.3, -0.25) is 9.59 Å². The number of nitrogens with one attached hydrogen (secondary N) is 1. The van der Waals surface area contributed by atoms with Crippen LogP contribution in [0.25, 0.3) is 0 Å². The highest BCUT2D eigenvalue weighted by Gasteiger charge is 2.36. The maximum Gasteiger partial charge on any atom is 0.243 e. The average Bonchev–Trinajstić information content (AvgIpc) is 2.89. The van der Waals surface area contributed by atoms with E-state index < -0.39 is 33.5 Å². The normalized spacial score (nSPS) is 14.7. The SMILES string of the molecule is CC(C)CCN(C[C@@H](O)[C@H](Cc1ccccc1)NC(=O)[C@@H](CC(=O)CN(C)C)C(C)(C)C)S(=O)(=O)c1ccccc1. The van der Waals surface area contributed by atoms with Crippen LogP contribution in [-0.4, -0.2) is 80.3 Å². The number of carbonyl (C=O) groups is 2. The summed E-state index contributed by atoms with van der Waals surface area (Å²) in [5.41, 5.74) is 0.390. The van der Waals surface area contributed by atoms with Crippen molar-refractivity contribution in [2.24, 2.45) is 17.3 Å². The molecule has 0 aliphatic carbocycles. The lowest BCUT2D eigenvalue weighted by Gasteiger charge is -2.34. The van der Waals surface area contributed by atoms with Crippen LogP contribution in [0.3, 0.4) is 0 Å². The summed E-state index contributed by atoms with van der Waals surface area (Å²) in [6.45, 7) is 10.1. The number of amides is 1. The number of benzene rings is 2. The predicted octanol–water partition coefficient (Wildman–Crippen LogP) is 3.99. The Balaban J connectivity index is 2.38. The largest absolute Gasteiger partial charge is 0.390 e. The minimum Gasteiger partial charge on any atom is -0.390 e. The molecule has 41 heavy (non-hydrogen) atoms. The fraction of sp³-hybridized carbons (Fsp3) is 0.562. The van der Waals surface area contributed by atoms with E-state index in [-0.39, 0.29) is 48.6 Å². The molecule has 0 radical (unpaired) electrons. The molecule has 0 spiro atoms. The van der Waals surface area contributed by atoms with Crippen molar-refractivity contribution in [3.8, 4) is 0 Å². The zero-order valence-corrected chi connectivity index (χ0v) is 26.5. The number of aliphatic hydroxyl groups is 1. The van der Waals surface area contributed by atoms with Gasteiger partial charge in [0.25, 0.3) is 0 Å². The van der Waals surface area contributed by atoms with E-state index in [1.165, 1.54) is 4.31 Å². The molecule has 3 atom stereocenters. The Morgan fingerprint density at radius 2 is 1.51 bits per heavy atom. The van der Waals surface area contributed by atoms with Gasteiger partial charge in [0.2, 0.25) is 15.9 Å². The van der Waals surface area contributed by atoms with Crippen molar-refractivity contribution in [1.29, 1.82) is 0 Å². The quantitative estimate of drug-likeness (QED) is 0.308. The number of aliphatic hydroxyl groups excluding tert-OH is 1. The van der Waals surface area contributed by atoms with Gasteiger partial charge in [-0.15, -0.1) is 0 Å². The van der Waals surface area contributed by atoms with Crippen molar-refractivity contribution in [2.75, 3.05) is 33.7 Å². The Morgan fingerprint density at radius 1 is 0.951 bits per heavy atom. The molecule has 0 heterocycles. The Labute approximate surface area is 247 Å². The summed E-state index contributed by atoms with van der Waals surface area (Å²) in [6.07, 6.45) is -0.193. The van der Waals surface area contributed by atoms with E-state index in [0.717, 1.165) is 5.56 Å². The van der Waals surface area contributed by atoms with Gasteiger partial charge in [0, 0.05) is 25.4 Å². The van der Waals surface area contributed by atoms with Crippen LogP contribution in [0.2, 0.25) is 0 Å². The highest BCUT2D eigenvalue weighted by atomic mass is 32.2. The number of hydrogen-bond donors (Lipinski definition) is 2. The first-order valence-corrected chi connectivity index (χ1v) is 15.8. The fourth-order valence-corrected chi connectivity index (χ4v) is 6.15. The number of carbonyl (C=O) groups excluding carboxylic acids is 2. The van der Waals surface area contributed by atoms with E-state index >= 15 is 0 Å². The first kappa shape index (κ1) is 34.6. The van der Waals surface area contributed by atoms with Crippen LogP contribution in [0, 0.1) is 17.3 Å². The molecule has 0 aliphatic heterocycles. The van der Waals surface area contributed by atoms with Crippen LogP contribution in [0.4, 0.5) is 0 Å². The van der Waals surface area contributed by atoms with Crippen LogP contribution >= 0.6 is 0 Å². The molecule has 0 bridgehead atoms. The molecule has 0 unspecified atom stereocenters. The molecule has 228 valence electrons. The molecule has 0 aromatic heterocycles. The summed E-state index contributed by atoms with van der Waals surface area (Å²) < 4.78 is 28.6. The maximum atomic E-state index is 13.7. The molecular weight excluding hydrogens is 538 g/mol. The lowest BCUT2D eigenvalue weighted by atomic mass is 9.77. The van der Waals surface area contributed by atoms with Crippen LogP contribution < -0.4 is 5.32 Å². The van der Waals surface area contributed by atoms with E-state index in [1.807, 2.05) is 79.0 Å². The Kier molecular flexibility index (Phi) is 13.2. The smallest absolute Gasteiger partial charge is 0.243 e. The second-order valence-electron chi connectivity index (χ2n) is 12.6. The molecule has 1 amide bonds. The fourth-order valence-electron chi connectivity index (χ4n) is 4.66. The number of Topliss-reactive ketones (excluding diaryl/α,β-unsaturated/α-hetero) is 1. The number of sulfonamides is 1. The molecule has 0 saturated heterocycles. The number of ketones is 1. The van der Waals surface area contributed by atoms with E-state index in [9.17, 15) is 23.1 Å². The molecule has 2 N–H and O–H groups in total. The Morgan fingerprint density at radius 3 is 2.02 bits per heavy atom. The minimum absolute atomic E-state index is 0.0425. The highest BCUT2D eigenvalue weighted by Crippen LogP contribution is 2.30. The Bertz CT molecular complexity index is 1190. The molecule has 8 nitrogen and oxygen atoms in total. The standard InChI is InChI=1S/C32H49N3O5S/c1-24(2)18-19-35(41(39,40)27-16-12-9-13-17-27)23-30(37)29(20-25-14-10-8-11-15-25)33-31(38)28(32(3,4)5)21-26(36)22-34(6)7/h8-17,24,28-30,37H,18-23H2,1-7H3,(H,33,38)/t28-,29+,30-/m1/s1. The van der Waals surface area contributed by atoms with Crippen LogP contribution in [-0.2, 0) is 26.0 Å². The summed E-state index contributed by atoms with van der Waals surface area (Å²) in [5.74, 6) is -0.735. The van der Waals surface area contributed by atoms with Gasteiger partial charge in [-0.2, -0.15) is 4.31 Å². The van der Waals surface area contributed by atoms with Gasteiger partial charge in [-0.05, 0) is 56.0 Å². The third-order valence-electron chi connectivity index (χ3n) is 7.10.